The maximum Gasteiger partial charge on any atom is 0.346 e. The van der Waals surface area contributed by atoms with Gasteiger partial charge < -0.3 is 5.11 Å². The maximum atomic E-state index is 13.4. The van der Waals surface area contributed by atoms with Crippen molar-refractivity contribution in [1.82, 2.24) is 14.3 Å². The van der Waals surface area contributed by atoms with Gasteiger partial charge in [-0.25, -0.2) is 9.48 Å². The van der Waals surface area contributed by atoms with E-state index in [0.717, 1.165) is 49.9 Å². The smallest absolute Gasteiger partial charge is 0.346 e. The van der Waals surface area contributed by atoms with E-state index in [4.69, 9.17) is 0 Å². The van der Waals surface area contributed by atoms with Crippen LogP contribution < -0.4 is 5.69 Å². The van der Waals surface area contributed by atoms with E-state index in [1.807, 2.05) is 13.8 Å². The average molecular weight is 430 g/mol. The standard InChI is InChI=1S/C25H39N3O3/c1-4-28-23(30)27(15-26-28)14-22(29)21-8-7-20-19-6-5-16-13-24(2,31)11-9-17(16)18(19)10-12-25(20,21)3/h15-21,31H,4-14H2,1-3H3/t16-,17+,18-,19-,20+,21-,24-,25+/m1/s1. The van der Waals surface area contributed by atoms with Crippen LogP contribution >= 0.6 is 0 Å². The normalized spacial score (nSPS) is 44.4. The van der Waals surface area contributed by atoms with E-state index in [1.165, 1.54) is 41.3 Å². The second kappa shape index (κ2) is 7.57. The summed E-state index contributed by atoms with van der Waals surface area (Å²) in [7, 11) is 0. The molecule has 0 aliphatic heterocycles. The molecule has 4 saturated carbocycles. The Balaban J connectivity index is 1.31. The summed E-state index contributed by atoms with van der Waals surface area (Å²) in [4.78, 5) is 25.7. The number of aromatic nitrogens is 3. The van der Waals surface area contributed by atoms with Crippen LogP contribution in [0.25, 0.3) is 0 Å². The fourth-order valence-electron chi connectivity index (χ4n) is 8.59. The molecule has 0 spiro atoms. The van der Waals surface area contributed by atoms with E-state index in [0.29, 0.717) is 18.4 Å². The summed E-state index contributed by atoms with van der Waals surface area (Å²) in [5.41, 5.74) is -0.563. The summed E-state index contributed by atoms with van der Waals surface area (Å²) in [6, 6.07) is 0. The van der Waals surface area contributed by atoms with Gasteiger partial charge in [0.1, 0.15) is 6.33 Å². The van der Waals surface area contributed by atoms with Crippen molar-refractivity contribution in [3.8, 4) is 0 Å². The van der Waals surface area contributed by atoms with E-state index in [1.54, 1.807) is 0 Å². The number of carbonyl (C=O) groups excluding carboxylic acids is 1. The van der Waals surface area contributed by atoms with Gasteiger partial charge in [-0.2, -0.15) is 5.10 Å². The number of fused-ring (bicyclic) bond motifs is 5. The minimum Gasteiger partial charge on any atom is -0.390 e. The maximum absolute atomic E-state index is 13.4. The highest BCUT2D eigenvalue weighted by Crippen LogP contribution is 2.64. The fourth-order valence-corrected chi connectivity index (χ4v) is 8.59. The molecule has 0 amide bonds. The number of rotatable bonds is 4. The lowest BCUT2D eigenvalue weighted by Gasteiger charge is -2.56. The lowest BCUT2D eigenvalue weighted by atomic mass is 9.49. The molecule has 4 aliphatic carbocycles. The average Bonchev–Trinajstić information content (AvgIpc) is 3.26. The van der Waals surface area contributed by atoms with Crippen LogP contribution in [0.5, 0.6) is 0 Å². The lowest BCUT2D eigenvalue weighted by molar-refractivity contribution is -0.133. The van der Waals surface area contributed by atoms with Crippen LogP contribution in [0.15, 0.2) is 11.1 Å². The SMILES string of the molecule is CCn1ncn(CC(=O)[C@H]2CC[C@H]3[C@@H]4CC[C@@H]5C[C@](C)(O)CC[C@@H]5[C@H]4CC[C@]23C)c1=O. The number of nitrogens with zero attached hydrogens (tertiary/aromatic N) is 3. The van der Waals surface area contributed by atoms with Gasteiger partial charge in [0, 0.05) is 12.5 Å². The van der Waals surface area contributed by atoms with Gasteiger partial charge in [0.05, 0.1) is 12.1 Å². The van der Waals surface area contributed by atoms with Crippen LogP contribution in [0.4, 0.5) is 0 Å². The summed E-state index contributed by atoms with van der Waals surface area (Å²) < 4.78 is 2.91. The molecule has 172 valence electrons. The van der Waals surface area contributed by atoms with Crippen molar-refractivity contribution >= 4 is 5.78 Å². The second-order valence-corrected chi connectivity index (χ2v) is 11.7. The molecule has 31 heavy (non-hydrogen) atoms. The zero-order chi connectivity index (χ0) is 22.0. The number of carbonyl (C=O) groups is 1. The first-order valence-electron chi connectivity index (χ1n) is 12.6. The molecule has 5 rings (SSSR count). The van der Waals surface area contributed by atoms with Gasteiger partial charge in [0.15, 0.2) is 5.78 Å². The number of aryl methyl sites for hydroxylation is 1. The minimum atomic E-state index is -0.467. The molecule has 0 radical (unpaired) electrons. The van der Waals surface area contributed by atoms with Crippen molar-refractivity contribution in [3.63, 3.8) is 0 Å². The first-order chi connectivity index (χ1) is 14.7. The van der Waals surface area contributed by atoms with Crippen molar-refractivity contribution in [1.29, 1.82) is 0 Å². The Morgan fingerprint density at radius 3 is 2.61 bits per heavy atom. The van der Waals surface area contributed by atoms with E-state index in [2.05, 4.69) is 12.0 Å². The predicted molar refractivity (Wildman–Crippen MR) is 118 cm³/mol. The molecule has 4 fully saturated rings. The Kier molecular flexibility index (Phi) is 5.23. The minimum absolute atomic E-state index is 0.0696. The van der Waals surface area contributed by atoms with Gasteiger partial charge in [0.2, 0.25) is 0 Å². The van der Waals surface area contributed by atoms with Gasteiger partial charge in [-0.05, 0) is 107 Å². The van der Waals surface area contributed by atoms with Crippen LogP contribution in [-0.4, -0.2) is 30.8 Å². The Bertz CT molecular complexity index is 902. The van der Waals surface area contributed by atoms with E-state index >= 15 is 0 Å². The number of ketones is 1. The summed E-state index contributed by atoms with van der Waals surface area (Å²) in [6.07, 6.45) is 11.6. The van der Waals surface area contributed by atoms with Gasteiger partial charge in [-0.15, -0.1) is 0 Å². The van der Waals surface area contributed by atoms with Gasteiger partial charge in [-0.3, -0.25) is 9.36 Å². The fraction of sp³-hybridized carbons (Fsp3) is 0.880. The molecule has 0 aromatic carbocycles. The molecular weight excluding hydrogens is 390 g/mol. The molecule has 1 aromatic rings. The molecule has 0 unspecified atom stereocenters. The zero-order valence-corrected chi connectivity index (χ0v) is 19.4. The topological polar surface area (TPSA) is 77.1 Å². The first kappa shape index (κ1) is 21.4. The Morgan fingerprint density at radius 2 is 1.87 bits per heavy atom. The van der Waals surface area contributed by atoms with E-state index < -0.39 is 5.60 Å². The highest BCUT2D eigenvalue weighted by molar-refractivity contribution is 5.82. The molecule has 0 saturated heterocycles. The van der Waals surface area contributed by atoms with Crippen LogP contribution in [0.2, 0.25) is 0 Å². The Morgan fingerprint density at radius 1 is 1.10 bits per heavy atom. The van der Waals surface area contributed by atoms with Crippen molar-refractivity contribution in [2.45, 2.75) is 97.2 Å². The number of hydrogen-bond acceptors (Lipinski definition) is 4. The molecule has 6 heteroatoms. The summed E-state index contributed by atoms with van der Waals surface area (Å²) >= 11 is 0. The quantitative estimate of drug-likeness (QED) is 0.792. The third-order valence-corrected chi connectivity index (χ3v) is 10.0. The van der Waals surface area contributed by atoms with Crippen molar-refractivity contribution in [2.75, 3.05) is 0 Å². The van der Waals surface area contributed by atoms with E-state index in [9.17, 15) is 14.7 Å². The van der Waals surface area contributed by atoms with E-state index in [-0.39, 0.29) is 29.4 Å². The van der Waals surface area contributed by atoms with Crippen LogP contribution in [0.1, 0.15) is 78.6 Å². The molecule has 0 bridgehead atoms. The summed E-state index contributed by atoms with van der Waals surface area (Å²) in [6.45, 7) is 6.99. The second-order valence-electron chi connectivity index (χ2n) is 11.7. The number of hydrogen-bond donors (Lipinski definition) is 1. The zero-order valence-electron chi connectivity index (χ0n) is 19.4. The first-order valence-corrected chi connectivity index (χ1v) is 12.6. The molecule has 1 N–H and O–H groups in total. The highest BCUT2D eigenvalue weighted by Gasteiger charge is 2.58. The summed E-state index contributed by atoms with van der Waals surface area (Å²) in [5, 5.41) is 14.7. The molecule has 6 nitrogen and oxygen atoms in total. The third-order valence-electron chi connectivity index (χ3n) is 10.0. The molecular formula is C25H39N3O3. The van der Waals surface area contributed by atoms with Gasteiger partial charge in [0.25, 0.3) is 0 Å². The van der Waals surface area contributed by atoms with Gasteiger partial charge in [-0.1, -0.05) is 6.92 Å². The molecule has 1 aromatic heterocycles. The monoisotopic (exact) mass is 429 g/mol. The number of aliphatic hydroxyl groups is 1. The Labute approximate surface area is 185 Å². The van der Waals surface area contributed by atoms with Crippen LogP contribution in [-0.2, 0) is 17.9 Å². The van der Waals surface area contributed by atoms with Crippen LogP contribution in [0.3, 0.4) is 0 Å². The van der Waals surface area contributed by atoms with Crippen LogP contribution in [0, 0.1) is 40.9 Å². The predicted octanol–water partition coefficient (Wildman–Crippen LogP) is 3.65. The molecule has 4 aliphatic rings. The third kappa shape index (κ3) is 3.44. The van der Waals surface area contributed by atoms with Crippen molar-refractivity contribution < 1.29 is 9.90 Å². The number of Topliss-reactive ketones (excluding diaryl/α,β-unsaturated/α-hetero) is 1. The molecule has 1 heterocycles. The van der Waals surface area contributed by atoms with Crippen molar-refractivity contribution in [3.05, 3.63) is 16.8 Å². The largest absolute Gasteiger partial charge is 0.390 e. The highest BCUT2D eigenvalue weighted by atomic mass is 16.3. The van der Waals surface area contributed by atoms with Crippen molar-refractivity contribution in [2.24, 2.45) is 40.9 Å². The Hall–Kier alpha value is -1.43. The van der Waals surface area contributed by atoms with Gasteiger partial charge >= 0.3 is 5.69 Å². The molecule has 8 atom stereocenters. The lowest BCUT2D eigenvalue weighted by Crippen LogP contribution is -2.51. The summed E-state index contributed by atoms with van der Waals surface area (Å²) in [5.74, 6) is 3.92.